The molecule has 0 spiro atoms. The Bertz CT molecular complexity index is 890. The van der Waals surface area contributed by atoms with Gasteiger partial charge < -0.3 is 9.47 Å². The predicted molar refractivity (Wildman–Crippen MR) is 93.7 cm³/mol. The van der Waals surface area contributed by atoms with Crippen LogP contribution < -0.4 is 4.90 Å². The first-order valence-corrected chi connectivity index (χ1v) is 8.68. The Kier molecular flexibility index (Phi) is 4.07. The molecule has 4 rings (SSSR count). The molecule has 0 aliphatic carbocycles. The van der Waals surface area contributed by atoms with Gasteiger partial charge in [-0.25, -0.2) is 14.4 Å². The molecule has 130 valence electrons. The summed E-state index contributed by atoms with van der Waals surface area (Å²) in [5.41, 5.74) is 0.751. The van der Waals surface area contributed by atoms with Gasteiger partial charge in [0, 0.05) is 18.5 Å². The van der Waals surface area contributed by atoms with Gasteiger partial charge in [0.05, 0.1) is 11.6 Å². The molecule has 1 aliphatic rings. The number of fused-ring (bicyclic) bond motifs is 1. The average Bonchev–Trinajstić information content (AvgIpc) is 3.22. The van der Waals surface area contributed by atoms with Crippen LogP contribution in [0.2, 0.25) is 0 Å². The number of rotatable bonds is 4. The van der Waals surface area contributed by atoms with Crippen LogP contribution in [0.1, 0.15) is 38.6 Å². The SMILES string of the molecule is CC(C)Cn1cnnc1C1CCCN1c1ncnc2ccc(F)cc12. The summed E-state index contributed by atoms with van der Waals surface area (Å²) in [6.45, 7) is 6.10. The molecule has 0 saturated carbocycles. The maximum Gasteiger partial charge on any atom is 0.155 e. The second-order valence-corrected chi connectivity index (χ2v) is 6.95. The molecule has 6 nitrogen and oxygen atoms in total. The van der Waals surface area contributed by atoms with E-state index in [2.05, 4.69) is 43.5 Å². The zero-order chi connectivity index (χ0) is 17.4. The van der Waals surface area contributed by atoms with Gasteiger partial charge in [0.15, 0.2) is 5.82 Å². The van der Waals surface area contributed by atoms with Crippen molar-refractivity contribution in [3.05, 3.63) is 42.5 Å². The summed E-state index contributed by atoms with van der Waals surface area (Å²) in [6.07, 6.45) is 5.37. The number of aromatic nitrogens is 5. The highest BCUT2D eigenvalue weighted by atomic mass is 19.1. The zero-order valence-corrected chi connectivity index (χ0v) is 14.4. The molecule has 1 aliphatic heterocycles. The lowest BCUT2D eigenvalue weighted by atomic mass is 10.1. The Hall–Kier alpha value is -2.57. The monoisotopic (exact) mass is 340 g/mol. The van der Waals surface area contributed by atoms with Crippen LogP contribution >= 0.6 is 0 Å². The van der Waals surface area contributed by atoms with Gasteiger partial charge in [-0.2, -0.15) is 0 Å². The topological polar surface area (TPSA) is 59.7 Å². The summed E-state index contributed by atoms with van der Waals surface area (Å²) < 4.78 is 15.9. The van der Waals surface area contributed by atoms with E-state index < -0.39 is 0 Å². The minimum absolute atomic E-state index is 0.0996. The highest BCUT2D eigenvalue weighted by Gasteiger charge is 2.32. The van der Waals surface area contributed by atoms with Crippen molar-refractivity contribution in [2.24, 2.45) is 5.92 Å². The zero-order valence-electron chi connectivity index (χ0n) is 14.4. The van der Waals surface area contributed by atoms with Gasteiger partial charge in [-0.15, -0.1) is 10.2 Å². The van der Waals surface area contributed by atoms with Crippen LogP contribution in [-0.4, -0.2) is 31.3 Å². The van der Waals surface area contributed by atoms with E-state index in [4.69, 9.17) is 0 Å². The van der Waals surface area contributed by atoms with E-state index in [9.17, 15) is 4.39 Å². The Morgan fingerprint density at radius 2 is 2.16 bits per heavy atom. The molecule has 3 heterocycles. The smallest absolute Gasteiger partial charge is 0.155 e. The number of nitrogens with zero attached hydrogens (tertiary/aromatic N) is 6. The van der Waals surface area contributed by atoms with Gasteiger partial charge in [0.1, 0.15) is 24.3 Å². The normalized spacial score (nSPS) is 17.8. The summed E-state index contributed by atoms with van der Waals surface area (Å²) in [5, 5.41) is 9.24. The summed E-state index contributed by atoms with van der Waals surface area (Å²) in [4.78, 5) is 10.9. The minimum atomic E-state index is -0.276. The maximum absolute atomic E-state index is 13.8. The van der Waals surface area contributed by atoms with Crippen molar-refractivity contribution in [3.8, 4) is 0 Å². The molecule has 7 heteroatoms. The van der Waals surface area contributed by atoms with Gasteiger partial charge in [0.2, 0.25) is 0 Å². The first kappa shape index (κ1) is 15.9. The first-order chi connectivity index (χ1) is 12.1. The molecule has 0 amide bonds. The van der Waals surface area contributed by atoms with E-state index in [0.29, 0.717) is 5.92 Å². The molecule has 0 radical (unpaired) electrons. The third-order valence-corrected chi connectivity index (χ3v) is 4.61. The van der Waals surface area contributed by atoms with Crippen molar-refractivity contribution >= 4 is 16.7 Å². The van der Waals surface area contributed by atoms with E-state index in [1.165, 1.54) is 12.1 Å². The van der Waals surface area contributed by atoms with E-state index in [1.54, 1.807) is 18.7 Å². The number of hydrogen-bond donors (Lipinski definition) is 0. The molecule has 1 fully saturated rings. The van der Waals surface area contributed by atoms with E-state index in [1.807, 2.05) is 0 Å². The van der Waals surface area contributed by atoms with Crippen LogP contribution in [0.15, 0.2) is 30.9 Å². The van der Waals surface area contributed by atoms with Gasteiger partial charge >= 0.3 is 0 Å². The van der Waals surface area contributed by atoms with Gasteiger partial charge in [-0.3, -0.25) is 0 Å². The average molecular weight is 340 g/mol. The Morgan fingerprint density at radius 1 is 1.28 bits per heavy atom. The summed E-state index contributed by atoms with van der Waals surface area (Å²) in [6, 6.07) is 4.74. The van der Waals surface area contributed by atoms with Gasteiger partial charge in [0.25, 0.3) is 0 Å². The number of hydrogen-bond acceptors (Lipinski definition) is 5. The van der Waals surface area contributed by atoms with Crippen LogP contribution in [0, 0.1) is 11.7 Å². The Morgan fingerprint density at radius 3 is 3.00 bits per heavy atom. The summed E-state index contributed by atoms with van der Waals surface area (Å²) >= 11 is 0. The van der Waals surface area contributed by atoms with E-state index in [0.717, 1.165) is 48.5 Å². The lowest BCUT2D eigenvalue weighted by Gasteiger charge is -2.26. The molecular weight excluding hydrogens is 319 g/mol. The molecule has 1 aromatic carbocycles. The molecule has 1 unspecified atom stereocenters. The van der Waals surface area contributed by atoms with Crippen molar-refractivity contribution in [1.82, 2.24) is 24.7 Å². The second-order valence-electron chi connectivity index (χ2n) is 6.95. The predicted octanol–water partition coefficient (Wildman–Crippen LogP) is 3.36. The van der Waals surface area contributed by atoms with Crippen molar-refractivity contribution in [2.75, 3.05) is 11.4 Å². The molecular formula is C18H21FN6. The number of benzene rings is 1. The largest absolute Gasteiger partial charge is 0.346 e. The fourth-order valence-corrected chi connectivity index (χ4v) is 3.59. The van der Waals surface area contributed by atoms with Crippen LogP contribution in [0.25, 0.3) is 10.9 Å². The van der Waals surface area contributed by atoms with Crippen molar-refractivity contribution in [1.29, 1.82) is 0 Å². The fourth-order valence-electron chi connectivity index (χ4n) is 3.59. The molecule has 0 N–H and O–H groups in total. The van der Waals surface area contributed by atoms with E-state index in [-0.39, 0.29) is 11.9 Å². The van der Waals surface area contributed by atoms with Crippen molar-refractivity contribution in [3.63, 3.8) is 0 Å². The van der Waals surface area contributed by atoms with Crippen LogP contribution in [0.5, 0.6) is 0 Å². The highest BCUT2D eigenvalue weighted by Crippen LogP contribution is 2.37. The molecule has 1 atom stereocenters. The van der Waals surface area contributed by atoms with Crippen LogP contribution in [0.4, 0.5) is 10.2 Å². The lowest BCUT2D eigenvalue weighted by molar-refractivity contribution is 0.487. The van der Waals surface area contributed by atoms with Crippen molar-refractivity contribution < 1.29 is 4.39 Å². The Labute approximate surface area is 145 Å². The molecule has 3 aromatic rings. The van der Waals surface area contributed by atoms with Crippen molar-refractivity contribution in [2.45, 2.75) is 39.3 Å². The van der Waals surface area contributed by atoms with Crippen LogP contribution in [0.3, 0.4) is 0 Å². The molecule has 2 aromatic heterocycles. The van der Waals surface area contributed by atoms with E-state index >= 15 is 0 Å². The standard InChI is InChI=1S/C18H21FN6/c1-12(2)9-24-11-22-23-18(24)16-4-3-7-25(16)17-14-8-13(19)5-6-15(14)20-10-21-17/h5-6,8,10-12,16H,3-4,7,9H2,1-2H3. The summed E-state index contributed by atoms with van der Waals surface area (Å²) in [5.74, 6) is 1.96. The molecule has 1 saturated heterocycles. The first-order valence-electron chi connectivity index (χ1n) is 8.68. The van der Waals surface area contributed by atoms with Crippen LogP contribution in [-0.2, 0) is 6.54 Å². The third-order valence-electron chi connectivity index (χ3n) is 4.61. The third kappa shape index (κ3) is 2.94. The molecule has 25 heavy (non-hydrogen) atoms. The quantitative estimate of drug-likeness (QED) is 0.729. The van der Waals surface area contributed by atoms with Gasteiger partial charge in [-0.1, -0.05) is 13.8 Å². The van der Waals surface area contributed by atoms with Gasteiger partial charge in [-0.05, 0) is 37.0 Å². The summed E-state index contributed by atoms with van der Waals surface area (Å²) in [7, 11) is 0. The minimum Gasteiger partial charge on any atom is -0.346 e. The Balaban J connectivity index is 1.76. The lowest BCUT2D eigenvalue weighted by Crippen LogP contribution is -2.27. The number of halogens is 1. The highest BCUT2D eigenvalue weighted by molar-refractivity contribution is 5.89. The fraction of sp³-hybridized carbons (Fsp3) is 0.444. The maximum atomic E-state index is 13.8. The molecule has 0 bridgehead atoms. The second kappa shape index (κ2) is 6.38. The number of anilines is 1.